The Morgan fingerprint density at radius 3 is 2.57 bits per heavy atom. The van der Waals surface area contributed by atoms with Crippen LogP contribution >= 0.6 is 0 Å². The van der Waals surface area contributed by atoms with Gasteiger partial charge >= 0.3 is 0 Å². The van der Waals surface area contributed by atoms with Gasteiger partial charge in [0.15, 0.2) is 0 Å². The summed E-state index contributed by atoms with van der Waals surface area (Å²) in [6.07, 6.45) is 0. The van der Waals surface area contributed by atoms with Crippen LogP contribution in [0.4, 0.5) is 0 Å². The van der Waals surface area contributed by atoms with Gasteiger partial charge in [0.25, 0.3) is 0 Å². The molecule has 0 amide bonds. The Hall–Kier alpha value is -2.90. The molecule has 3 aromatic rings. The second-order valence-corrected chi connectivity index (χ2v) is 4.54. The van der Waals surface area contributed by atoms with Gasteiger partial charge in [-0.3, -0.25) is 0 Å². The van der Waals surface area contributed by atoms with Crippen molar-refractivity contribution in [2.45, 2.75) is 6.61 Å². The maximum Gasteiger partial charge on any atom is 0.225 e. The van der Waals surface area contributed by atoms with Gasteiger partial charge in [-0.05, 0) is 36.4 Å². The molecule has 1 aromatic heterocycles. The molecule has 0 bridgehead atoms. The predicted molar refractivity (Wildman–Crippen MR) is 78.9 cm³/mol. The van der Waals surface area contributed by atoms with Crippen molar-refractivity contribution in [3.05, 3.63) is 65.7 Å². The van der Waals surface area contributed by atoms with Crippen LogP contribution in [0.5, 0.6) is 11.6 Å². The van der Waals surface area contributed by atoms with Crippen molar-refractivity contribution < 1.29 is 9.84 Å². The minimum atomic E-state index is -0.149. The summed E-state index contributed by atoms with van der Waals surface area (Å²) in [5, 5.41) is 19.2. The summed E-state index contributed by atoms with van der Waals surface area (Å²) in [4.78, 5) is 4.44. The standard InChI is InChI=1S/C17H12N2O2/c18-10-12-5-7-15(8-6-12)21-17-14(11-20)9-13-3-1-2-4-16(13)19-17/h1-9,20H,11H2. The second kappa shape index (κ2) is 5.61. The smallest absolute Gasteiger partial charge is 0.225 e. The molecule has 0 aliphatic heterocycles. The highest BCUT2D eigenvalue weighted by Crippen LogP contribution is 2.27. The van der Waals surface area contributed by atoms with Crippen molar-refractivity contribution in [3.8, 4) is 17.7 Å². The first-order valence-electron chi connectivity index (χ1n) is 6.47. The number of ether oxygens (including phenoxy) is 1. The van der Waals surface area contributed by atoms with Crippen LogP contribution in [0.15, 0.2) is 54.6 Å². The quantitative estimate of drug-likeness (QED) is 0.796. The van der Waals surface area contributed by atoms with E-state index >= 15 is 0 Å². The Labute approximate surface area is 121 Å². The number of benzene rings is 2. The first-order valence-corrected chi connectivity index (χ1v) is 6.47. The molecule has 0 aliphatic carbocycles. The third-order valence-corrected chi connectivity index (χ3v) is 3.13. The fourth-order valence-corrected chi connectivity index (χ4v) is 2.05. The van der Waals surface area contributed by atoms with Crippen LogP contribution in [0.25, 0.3) is 10.9 Å². The molecular formula is C17H12N2O2. The van der Waals surface area contributed by atoms with E-state index < -0.39 is 0 Å². The number of hydrogen-bond acceptors (Lipinski definition) is 4. The Kier molecular flexibility index (Phi) is 3.50. The van der Waals surface area contributed by atoms with Gasteiger partial charge < -0.3 is 9.84 Å². The van der Waals surface area contributed by atoms with Crippen LogP contribution in [0.1, 0.15) is 11.1 Å². The monoisotopic (exact) mass is 276 g/mol. The van der Waals surface area contributed by atoms with Crippen molar-refractivity contribution in [1.29, 1.82) is 5.26 Å². The van der Waals surface area contributed by atoms with Gasteiger partial charge in [-0.15, -0.1) is 0 Å². The van der Waals surface area contributed by atoms with Gasteiger partial charge in [0.2, 0.25) is 5.88 Å². The predicted octanol–water partition coefficient (Wildman–Crippen LogP) is 3.39. The summed E-state index contributed by atoms with van der Waals surface area (Å²) in [6.45, 7) is -0.149. The molecule has 0 saturated heterocycles. The molecule has 0 spiro atoms. The van der Waals surface area contributed by atoms with Crippen LogP contribution in [0.2, 0.25) is 0 Å². The highest BCUT2D eigenvalue weighted by molar-refractivity contribution is 5.80. The summed E-state index contributed by atoms with van der Waals surface area (Å²) in [5.74, 6) is 0.951. The summed E-state index contributed by atoms with van der Waals surface area (Å²) in [7, 11) is 0. The maximum absolute atomic E-state index is 9.48. The van der Waals surface area contributed by atoms with Crippen molar-refractivity contribution in [1.82, 2.24) is 4.98 Å². The maximum atomic E-state index is 9.48. The molecule has 0 aliphatic rings. The lowest BCUT2D eigenvalue weighted by Gasteiger charge is -2.10. The fourth-order valence-electron chi connectivity index (χ4n) is 2.05. The molecule has 0 fully saturated rings. The van der Waals surface area contributed by atoms with Gasteiger partial charge in [0, 0.05) is 10.9 Å². The minimum absolute atomic E-state index is 0.149. The number of hydrogen-bond donors (Lipinski definition) is 1. The van der Waals surface area contributed by atoms with Crippen LogP contribution in [0, 0.1) is 11.3 Å². The largest absolute Gasteiger partial charge is 0.439 e. The van der Waals surface area contributed by atoms with Crippen LogP contribution in [-0.2, 0) is 6.61 Å². The second-order valence-electron chi connectivity index (χ2n) is 4.54. The summed E-state index contributed by atoms with van der Waals surface area (Å²) >= 11 is 0. The molecule has 0 unspecified atom stereocenters. The van der Waals surface area contributed by atoms with E-state index in [-0.39, 0.29) is 6.61 Å². The Morgan fingerprint density at radius 1 is 1.10 bits per heavy atom. The van der Waals surface area contributed by atoms with Gasteiger partial charge in [0.1, 0.15) is 5.75 Å². The van der Waals surface area contributed by atoms with E-state index in [0.29, 0.717) is 22.8 Å². The first-order chi connectivity index (χ1) is 10.3. The van der Waals surface area contributed by atoms with Gasteiger partial charge in [-0.2, -0.15) is 5.26 Å². The molecule has 0 saturated carbocycles. The average Bonchev–Trinajstić information content (AvgIpc) is 2.55. The molecular weight excluding hydrogens is 264 g/mol. The Balaban J connectivity index is 2.00. The highest BCUT2D eigenvalue weighted by atomic mass is 16.5. The lowest BCUT2D eigenvalue weighted by Crippen LogP contribution is -1.96. The number of aromatic nitrogens is 1. The third kappa shape index (κ3) is 2.69. The van der Waals surface area contributed by atoms with E-state index in [1.165, 1.54) is 0 Å². The number of aliphatic hydroxyl groups is 1. The van der Waals surface area contributed by atoms with Crippen LogP contribution < -0.4 is 4.74 Å². The lowest BCUT2D eigenvalue weighted by atomic mass is 10.1. The van der Waals surface area contributed by atoms with Gasteiger partial charge in [-0.1, -0.05) is 18.2 Å². The molecule has 0 radical (unpaired) electrons. The first kappa shape index (κ1) is 13.1. The highest BCUT2D eigenvalue weighted by Gasteiger charge is 2.08. The van der Waals surface area contributed by atoms with E-state index in [1.54, 1.807) is 24.3 Å². The summed E-state index contributed by atoms with van der Waals surface area (Å²) < 4.78 is 5.73. The normalized spacial score (nSPS) is 10.3. The Bertz CT molecular complexity index is 820. The number of fused-ring (bicyclic) bond motifs is 1. The number of para-hydroxylation sites is 1. The minimum Gasteiger partial charge on any atom is -0.439 e. The lowest BCUT2D eigenvalue weighted by molar-refractivity contribution is 0.275. The fraction of sp³-hybridized carbons (Fsp3) is 0.0588. The number of aliphatic hydroxyl groups excluding tert-OH is 1. The van der Waals surface area contributed by atoms with Crippen LogP contribution in [0.3, 0.4) is 0 Å². The molecule has 102 valence electrons. The molecule has 2 aromatic carbocycles. The summed E-state index contributed by atoms with van der Waals surface area (Å²) in [5.41, 5.74) is 1.99. The average molecular weight is 276 g/mol. The zero-order chi connectivity index (χ0) is 14.7. The van der Waals surface area contributed by atoms with Crippen molar-refractivity contribution in [2.24, 2.45) is 0 Å². The molecule has 4 nitrogen and oxygen atoms in total. The molecule has 3 rings (SSSR count). The molecule has 0 atom stereocenters. The SMILES string of the molecule is N#Cc1ccc(Oc2nc3ccccc3cc2CO)cc1. The Morgan fingerprint density at radius 2 is 1.86 bits per heavy atom. The number of nitrogens with zero attached hydrogens (tertiary/aromatic N) is 2. The molecule has 4 heteroatoms. The third-order valence-electron chi connectivity index (χ3n) is 3.13. The topological polar surface area (TPSA) is 66.1 Å². The van der Waals surface area contributed by atoms with Crippen LogP contribution in [-0.4, -0.2) is 10.1 Å². The van der Waals surface area contributed by atoms with Gasteiger partial charge in [0.05, 0.1) is 23.8 Å². The van der Waals surface area contributed by atoms with Crippen molar-refractivity contribution in [3.63, 3.8) is 0 Å². The number of rotatable bonds is 3. The van der Waals surface area contributed by atoms with E-state index in [2.05, 4.69) is 11.1 Å². The number of nitriles is 1. The zero-order valence-corrected chi connectivity index (χ0v) is 11.2. The number of pyridine rings is 1. The zero-order valence-electron chi connectivity index (χ0n) is 11.2. The van der Waals surface area contributed by atoms with Gasteiger partial charge in [-0.25, -0.2) is 4.98 Å². The van der Waals surface area contributed by atoms with E-state index in [0.717, 1.165) is 10.9 Å². The molecule has 1 heterocycles. The summed E-state index contributed by atoms with van der Waals surface area (Å²) in [6, 6.07) is 18.3. The molecule has 21 heavy (non-hydrogen) atoms. The van der Waals surface area contributed by atoms with E-state index in [1.807, 2.05) is 30.3 Å². The van der Waals surface area contributed by atoms with E-state index in [4.69, 9.17) is 10.00 Å². The van der Waals surface area contributed by atoms with Crippen molar-refractivity contribution >= 4 is 10.9 Å². The van der Waals surface area contributed by atoms with E-state index in [9.17, 15) is 5.11 Å². The molecule has 1 N–H and O–H groups in total. The van der Waals surface area contributed by atoms with Crippen molar-refractivity contribution in [2.75, 3.05) is 0 Å².